The quantitative estimate of drug-likeness (QED) is 0.0899. The molecule has 2 aromatic rings. The van der Waals surface area contributed by atoms with E-state index in [0.717, 1.165) is 36.8 Å². The predicted molar refractivity (Wildman–Crippen MR) is 161 cm³/mol. The Morgan fingerprint density at radius 2 is 0.951 bits per heavy atom. The maximum absolute atomic E-state index is 12.2. The summed E-state index contributed by atoms with van der Waals surface area (Å²) < 4.78 is 34.3. The second-order valence-electron chi connectivity index (χ2n) is 9.57. The number of hydrogen-bond acceptors (Lipinski definition) is 8. The van der Waals surface area contributed by atoms with Crippen molar-refractivity contribution in [3.05, 3.63) is 71.8 Å². The van der Waals surface area contributed by atoms with Crippen molar-refractivity contribution in [1.82, 2.24) is 10.6 Å². The molecule has 236 valence electrons. The zero-order valence-corrected chi connectivity index (χ0v) is 27.9. The van der Waals surface area contributed by atoms with Gasteiger partial charge in [0.25, 0.3) is 0 Å². The summed E-state index contributed by atoms with van der Waals surface area (Å²) in [5, 5.41) is 6.24. The van der Waals surface area contributed by atoms with Crippen LogP contribution in [-0.2, 0) is 34.7 Å². The van der Waals surface area contributed by atoms with E-state index >= 15 is 0 Å². The number of rotatable bonds is 20. The van der Waals surface area contributed by atoms with Crippen molar-refractivity contribution in [2.75, 3.05) is 26.3 Å². The van der Waals surface area contributed by atoms with E-state index in [1.54, 1.807) is 13.8 Å². The molecule has 0 radical (unpaired) electrons. The van der Waals surface area contributed by atoms with Crippen molar-refractivity contribution in [2.45, 2.75) is 90.6 Å². The van der Waals surface area contributed by atoms with Crippen LogP contribution in [0.15, 0.2) is 60.7 Å². The molecular formula is C30H50N2NiO6P2. The third-order valence-corrected chi connectivity index (χ3v) is 9.68. The summed E-state index contributed by atoms with van der Waals surface area (Å²) in [4.78, 5) is 24.4. The zero-order chi connectivity index (χ0) is 29.7. The van der Waals surface area contributed by atoms with E-state index in [4.69, 9.17) is 9.05 Å². The summed E-state index contributed by atoms with van der Waals surface area (Å²) in [6.45, 7) is 9.38. The maximum atomic E-state index is 12.2. The van der Waals surface area contributed by atoms with Gasteiger partial charge >= 0.3 is 16.5 Å². The Hall–Kier alpha value is -0.846. The third kappa shape index (κ3) is 16.5. The van der Waals surface area contributed by atoms with Crippen LogP contribution in [0.25, 0.3) is 0 Å². The molecule has 2 N–H and O–H groups in total. The van der Waals surface area contributed by atoms with Crippen LogP contribution in [-0.4, -0.2) is 26.3 Å². The van der Waals surface area contributed by atoms with Gasteiger partial charge in [0, 0.05) is 0 Å². The first-order chi connectivity index (χ1) is 19.2. The molecule has 41 heavy (non-hydrogen) atoms. The van der Waals surface area contributed by atoms with Gasteiger partial charge in [-0.25, -0.2) is 0 Å². The fourth-order valence-corrected chi connectivity index (χ4v) is 6.98. The fourth-order valence-electron chi connectivity index (χ4n) is 4.19. The predicted octanol–water partition coefficient (Wildman–Crippen LogP) is 6.89. The average Bonchev–Trinajstić information content (AvgIpc) is 2.93. The first kappa shape index (κ1) is 40.2. The van der Waals surface area contributed by atoms with E-state index < -0.39 is 26.8 Å². The molecule has 4 atom stereocenters. The minimum atomic E-state index is -3.94. The summed E-state index contributed by atoms with van der Waals surface area (Å²) in [7, 11) is -7.88. The minimum absolute atomic E-state index is 0. The summed E-state index contributed by atoms with van der Waals surface area (Å²) in [6, 6.07) is 18.4. The maximum Gasteiger partial charge on any atom is 2.00 e. The van der Waals surface area contributed by atoms with Gasteiger partial charge in [0.15, 0.2) is 15.2 Å². The Labute approximate surface area is 258 Å². The monoisotopic (exact) mass is 654 g/mol. The van der Waals surface area contributed by atoms with E-state index in [0.29, 0.717) is 13.1 Å². The van der Waals surface area contributed by atoms with Gasteiger partial charge in [-0.2, -0.15) is 0 Å². The van der Waals surface area contributed by atoms with Crippen LogP contribution in [0.3, 0.4) is 0 Å². The molecule has 2 aromatic carbocycles. The molecule has 0 spiro atoms. The van der Waals surface area contributed by atoms with Crippen molar-refractivity contribution in [3.63, 3.8) is 0 Å². The SMILES string of the molecule is CCCCCCNC(c1ccccc1)P(=O)([O-])OCC.CCCCCCNC(c1ccccc1)P(=O)([O-])OCC.[Ni+2]. The molecule has 2 rings (SSSR count). The van der Waals surface area contributed by atoms with Crippen LogP contribution < -0.4 is 20.4 Å². The largest absolute Gasteiger partial charge is 2.00 e. The van der Waals surface area contributed by atoms with Gasteiger partial charge in [-0.15, -0.1) is 0 Å². The number of hydrogen-bond donors (Lipinski definition) is 2. The second-order valence-corrected chi connectivity index (χ2v) is 13.3. The van der Waals surface area contributed by atoms with E-state index in [-0.39, 0.29) is 29.7 Å². The van der Waals surface area contributed by atoms with Gasteiger partial charge in [0.1, 0.15) is 0 Å². The Kier molecular flexibility index (Phi) is 23.1. The molecular weight excluding hydrogens is 605 g/mol. The first-order valence-corrected chi connectivity index (χ1v) is 17.9. The summed E-state index contributed by atoms with van der Waals surface area (Å²) in [5.74, 6) is -1.52. The van der Waals surface area contributed by atoms with Crippen molar-refractivity contribution in [1.29, 1.82) is 0 Å². The normalized spacial score (nSPS) is 15.4. The minimum Gasteiger partial charge on any atom is -0.777 e. The summed E-state index contributed by atoms with van der Waals surface area (Å²) in [5.41, 5.74) is 1.46. The summed E-state index contributed by atoms with van der Waals surface area (Å²) >= 11 is 0. The van der Waals surface area contributed by atoms with Gasteiger partial charge in [-0.05, 0) is 50.9 Å². The summed E-state index contributed by atoms with van der Waals surface area (Å²) in [6.07, 6.45) is 8.87. The molecule has 0 saturated carbocycles. The number of benzene rings is 2. The van der Waals surface area contributed by atoms with Crippen molar-refractivity contribution >= 4 is 15.2 Å². The van der Waals surface area contributed by atoms with Gasteiger partial charge in [0.05, 0.1) is 24.8 Å². The molecule has 0 bridgehead atoms. The van der Waals surface area contributed by atoms with Crippen LogP contribution in [0.1, 0.15) is 102 Å². The Morgan fingerprint density at radius 1 is 0.610 bits per heavy atom. The third-order valence-electron chi connectivity index (χ3n) is 6.22. The van der Waals surface area contributed by atoms with Crippen LogP contribution in [0.5, 0.6) is 0 Å². The molecule has 0 amide bonds. The molecule has 4 unspecified atom stereocenters. The molecule has 8 nitrogen and oxygen atoms in total. The second kappa shape index (κ2) is 23.6. The Morgan fingerprint density at radius 3 is 1.24 bits per heavy atom. The molecule has 0 heterocycles. The van der Waals surface area contributed by atoms with E-state index in [2.05, 4.69) is 24.5 Å². The molecule has 0 fully saturated rings. The smallest absolute Gasteiger partial charge is 0.777 e. The van der Waals surface area contributed by atoms with Crippen molar-refractivity contribution in [2.24, 2.45) is 0 Å². The van der Waals surface area contributed by atoms with Gasteiger partial charge in [0.2, 0.25) is 0 Å². The van der Waals surface area contributed by atoms with Gasteiger partial charge in [-0.3, -0.25) is 0 Å². The van der Waals surface area contributed by atoms with Gasteiger partial charge < -0.3 is 38.6 Å². The molecule has 0 aliphatic carbocycles. The topological polar surface area (TPSA) is 123 Å². The van der Waals surface area contributed by atoms with Crippen LogP contribution in [0, 0.1) is 0 Å². The first-order valence-electron chi connectivity index (χ1n) is 14.7. The van der Waals surface area contributed by atoms with Crippen LogP contribution in [0.4, 0.5) is 0 Å². The van der Waals surface area contributed by atoms with Crippen LogP contribution in [0.2, 0.25) is 0 Å². The van der Waals surface area contributed by atoms with E-state index in [1.807, 2.05) is 60.7 Å². The fraction of sp³-hybridized carbons (Fsp3) is 0.600. The van der Waals surface area contributed by atoms with Crippen LogP contribution >= 0.6 is 15.2 Å². The zero-order valence-electron chi connectivity index (χ0n) is 25.1. The molecule has 11 heteroatoms. The Bertz CT molecular complexity index is 908. The molecule has 0 saturated heterocycles. The van der Waals surface area contributed by atoms with E-state index in [1.165, 1.54) is 25.7 Å². The molecule has 0 aliphatic rings. The molecule has 0 aromatic heterocycles. The number of unbranched alkanes of at least 4 members (excludes halogenated alkanes) is 6. The molecule has 0 aliphatic heterocycles. The standard InChI is InChI=1S/2C15H26NO3P.Ni/c2*1-3-5-6-10-13-16-15(20(17,18)19-4-2)14-11-8-7-9-12-14;/h2*7-9,11-12,15-16H,3-6,10,13H2,1-2H3,(H,17,18);/q;;+2/p-2. The van der Waals surface area contributed by atoms with Crippen molar-refractivity contribution in [3.8, 4) is 0 Å². The van der Waals surface area contributed by atoms with Gasteiger partial charge in [-0.1, -0.05) is 113 Å². The number of nitrogens with one attached hydrogen (secondary N) is 2. The average molecular weight is 655 g/mol. The van der Waals surface area contributed by atoms with E-state index in [9.17, 15) is 18.9 Å². The van der Waals surface area contributed by atoms with Crippen molar-refractivity contribution < 1.29 is 44.5 Å². The Balaban J connectivity index is 0.000000762.